The summed E-state index contributed by atoms with van der Waals surface area (Å²) < 4.78 is 15.8. The van der Waals surface area contributed by atoms with Gasteiger partial charge < -0.3 is 19.5 Å². The van der Waals surface area contributed by atoms with Crippen molar-refractivity contribution in [1.82, 2.24) is 4.98 Å². The van der Waals surface area contributed by atoms with E-state index in [2.05, 4.69) is 17.2 Å². The number of nitrogens with one attached hydrogen (secondary N) is 1. The third-order valence-electron chi connectivity index (χ3n) is 2.46. The van der Waals surface area contributed by atoms with Crippen LogP contribution in [-0.4, -0.2) is 45.1 Å². The SMILES string of the molecule is CCNc1ccnc(COCCOCCCOC)c1. The van der Waals surface area contributed by atoms with Gasteiger partial charge in [0.1, 0.15) is 0 Å². The van der Waals surface area contributed by atoms with Crippen molar-refractivity contribution < 1.29 is 14.2 Å². The molecule has 0 atom stereocenters. The number of hydrogen-bond acceptors (Lipinski definition) is 5. The van der Waals surface area contributed by atoms with E-state index in [1.807, 2.05) is 12.1 Å². The smallest absolute Gasteiger partial charge is 0.0889 e. The molecule has 0 aliphatic heterocycles. The van der Waals surface area contributed by atoms with Gasteiger partial charge in [-0.3, -0.25) is 4.98 Å². The van der Waals surface area contributed by atoms with Crippen LogP contribution in [-0.2, 0) is 20.8 Å². The summed E-state index contributed by atoms with van der Waals surface area (Å²) in [5.41, 5.74) is 2.00. The fraction of sp³-hybridized carbons (Fsp3) is 0.643. The number of pyridine rings is 1. The lowest BCUT2D eigenvalue weighted by Gasteiger charge is -2.07. The van der Waals surface area contributed by atoms with Crippen molar-refractivity contribution in [2.75, 3.05) is 45.4 Å². The highest BCUT2D eigenvalue weighted by Crippen LogP contribution is 2.08. The zero-order chi connectivity index (χ0) is 13.8. The number of anilines is 1. The molecule has 0 aliphatic carbocycles. The molecule has 19 heavy (non-hydrogen) atoms. The van der Waals surface area contributed by atoms with Crippen molar-refractivity contribution in [2.45, 2.75) is 20.0 Å². The molecule has 0 bridgehead atoms. The minimum Gasteiger partial charge on any atom is -0.385 e. The molecular formula is C14H24N2O3. The average Bonchev–Trinajstić information content (AvgIpc) is 2.43. The third kappa shape index (κ3) is 7.77. The molecule has 0 unspecified atom stereocenters. The van der Waals surface area contributed by atoms with Crippen molar-refractivity contribution >= 4 is 5.69 Å². The van der Waals surface area contributed by atoms with Gasteiger partial charge in [0.05, 0.1) is 25.5 Å². The molecule has 0 saturated carbocycles. The van der Waals surface area contributed by atoms with Gasteiger partial charge in [0.15, 0.2) is 0 Å². The maximum absolute atomic E-state index is 5.51. The monoisotopic (exact) mass is 268 g/mol. The summed E-state index contributed by atoms with van der Waals surface area (Å²) in [6, 6.07) is 3.95. The first-order valence-corrected chi connectivity index (χ1v) is 6.70. The molecule has 1 aromatic heterocycles. The molecule has 0 aliphatic rings. The Hall–Kier alpha value is -1.17. The van der Waals surface area contributed by atoms with Crippen molar-refractivity contribution in [3.8, 4) is 0 Å². The number of hydrogen-bond donors (Lipinski definition) is 1. The van der Waals surface area contributed by atoms with Crippen molar-refractivity contribution in [3.05, 3.63) is 24.0 Å². The first-order valence-electron chi connectivity index (χ1n) is 6.70. The Morgan fingerprint density at radius 2 is 2.00 bits per heavy atom. The lowest BCUT2D eigenvalue weighted by Crippen LogP contribution is -2.07. The first-order chi connectivity index (χ1) is 9.36. The molecule has 1 heterocycles. The topological polar surface area (TPSA) is 52.6 Å². The summed E-state index contributed by atoms with van der Waals surface area (Å²) >= 11 is 0. The zero-order valence-electron chi connectivity index (χ0n) is 11.9. The Kier molecular flexibility index (Phi) is 8.97. The van der Waals surface area contributed by atoms with Crippen LogP contribution < -0.4 is 5.32 Å². The standard InChI is InChI=1S/C14H24N2O3/c1-3-15-13-5-6-16-14(11-13)12-19-10-9-18-8-4-7-17-2/h5-6,11H,3-4,7-10,12H2,1-2H3,(H,15,16). The van der Waals surface area contributed by atoms with Gasteiger partial charge in [-0.15, -0.1) is 0 Å². The predicted molar refractivity (Wildman–Crippen MR) is 75.4 cm³/mol. The fourth-order valence-electron chi connectivity index (χ4n) is 1.57. The normalized spacial score (nSPS) is 10.6. The van der Waals surface area contributed by atoms with Crippen LogP contribution in [0.4, 0.5) is 5.69 Å². The van der Waals surface area contributed by atoms with Crippen LogP contribution in [0.1, 0.15) is 19.0 Å². The summed E-state index contributed by atoms with van der Waals surface area (Å²) in [5.74, 6) is 0. The van der Waals surface area contributed by atoms with Gasteiger partial charge in [-0.1, -0.05) is 0 Å². The minimum atomic E-state index is 0.515. The zero-order valence-corrected chi connectivity index (χ0v) is 11.9. The van der Waals surface area contributed by atoms with Crippen LogP contribution in [0.3, 0.4) is 0 Å². The Balaban J connectivity index is 2.07. The second-order valence-corrected chi connectivity index (χ2v) is 4.08. The van der Waals surface area contributed by atoms with Crippen LogP contribution in [0.2, 0.25) is 0 Å². The van der Waals surface area contributed by atoms with E-state index in [0.29, 0.717) is 26.4 Å². The molecular weight excluding hydrogens is 244 g/mol. The number of aromatic nitrogens is 1. The molecule has 0 fully saturated rings. The quantitative estimate of drug-likeness (QED) is 0.623. The molecule has 5 nitrogen and oxygen atoms in total. The summed E-state index contributed by atoms with van der Waals surface area (Å²) in [5, 5.41) is 3.25. The number of methoxy groups -OCH3 is 1. The van der Waals surface area contributed by atoms with Gasteiger partial charge in [-0.05, 0) is 25.5 Å². The van der Waals surface area contributed by atoms with Crippen molar-refractivity contribution in [1.29, 1.82) is 0 Å². The highest BCUT2D eigenvalue weighted by Gasteiger charge is 1.97. The molecule has 0 amide bonds. The molecule has 0 radical (unpaired) electrons. The Morgan fingerprint density at radius 1 is 1.16 bits per heavy atom. The average molecular weight is 268 g/mol. The summed E-state index contributed by atoms with van der Waals surface area (Å²) in [4.78, 5) is 4.26. The first kappa shape index (κ1) is 15.9. The van der Waals surface area contributed by atoms with E-state index in [1.54, 1.807) is 13.3 Å². The van der Waals surface area contributed by atoms with E-state index in [4.69, 9.17) is 14.2 Å². The van der Waals surface area contributed by atoms with E-state index in [-0.39, 0.29) is 0 Å². The van der Waals surface area contributed by atoms with E-state index in [0.717, 1.165) is 31.0 Å². The fourth-order valence-corrected chi connectivity index (χ4v) is 1.57. The van der Waals surface area contributed by atoms with Crippen molar-refractivity contribution in [2.24, 2.45) is 0 Å². The van der Waals surface area contributed by atoms with E-state index >= 15 is 0 Å². The van der Waals surface area contributed by atoms with E-state index in [9.17, 15) is 0 Å². The lowest BCUT2D eigenvalue weighted by atomic mass is 10.3. The Morgan fingerprint density at radius 3 is 2.79 bits per heavy atom. The molecule has 1 rings (SSSR count). The van der Waals surface area contributed by atoms with Crippen LogP contribution in [0.5, 0.6) is 0 Å². The van der Waals surface area contributed by atoms with Gasteiger partial charge in [-0.2, -0.15) is 0 Å². The van der Waals surface area contributed by atoms with Crippen LogP contribution >= 0.6 is 0 Å². The number of nitrogens with zero attached hydrogens (tertiary/aromatic N) is 1. The van der Waals surface area contributed by atoms with Crippen molar-refractivity contribution in [3.63, 3.8) is 0 Å². The van der Waals surface area contributed by atoms with Gasteiger partial charge >= 0.3 is 0 Å². The number of ether oxygens (including phenoxy) is 3. The molecule has 5 heteroatoms. The molecule has 0 spiro atoms. The maximum atomic E-state index is 5.51. The van der Waals surface area contributed by atoms with E-state index in [1.165, 1.54) is 0 Å². The maximum Gasteiger partial charge on any atom is 0.0889 e. The van der Waals surface area contributed by atoms with Crippen LogP contribution in [0.15, 0.2) is 18.3 Å². The van der Waals surface area contributed by atoms with Gasteiger partial charge in [0.25, 0.3) is 0 Å². The molecule has 0 saturated heterocycles. The second-order valence-electron chi connectivity index (χ2n) is 4.08. The molecule has 1 N–H and O–H groups in total. The number of rotatable bonds is 11. The highest BCUT2D eigenvalue weighted by atomic mass is 16.5. The summed E-state index contributed by atoms with van der Waals surface area (Å²) in [6.07, 6.45) is 2.71. The van der Waals surface area contributed by atoms with Crippen LogP contribution in [0, 0.1) is 0 Å². The highest BCUT2D eigenvalue weighted by molar-refractivity contribution is 5.42. The van der Waals surface area contributed by atoms with Gasteiger partial charge in [-0.25, -0.2) is 0 Å². The molecule has 1 aromatic rings. The molecule has 108 valence electrons. The summed E-state index contributed by atoms with van der Waals surface area (Å²) in [7, 11) is 1.69. The third-order valence-corrected chi connectivity index (χ3v) is 2.46. The Labute approximate surface area is 115 Å². The Bertz CT molecular complexity index is 334. The molecule has 0 aromatic carbocycles. The minimum absolute atomic E-state index is 0.515. The summed E-state index contributed by atoms with van der Waals surface area (Å²) in [6.45, 7) is 6.13. The van der Waals surface area contributed by atoms with Crippen LogP contribution in [0.25, 0.3) is 0 Å². The van der Waals surface area contributed by atoms with Gasteiger partial charge in [0, 0.05) is 38.8 Å². The van der Waals surface area contributed by atoms with E-state index < -0.39 is 0 Å². The lowest BCUT2D eigenvalue weighted by molar-refractivity contribution is 0.0327. The second kappa shape index (κ2) is 10.7. The predicted octanol–water partition coefficient (Wildman–Crippen LogP) is 2.08. The largest absolute Gasteiger partial charge is 0.385 e. The van der Waals surface area contributed by atoms with Gasteiger partial charge in [0.2, 0.25) is 0 Å².